The summed E-state index contributed by atoms with van der Waals surface area (Å²) in [5, 5.41) is 0. The lowest BCUT2D eigenvalue weighted by atomic mass is 10.1. The minimum atomic E-state index is -0.0371. The molecule has 2 rings (SSSR count). The molecule has 0 aliphatic heterocycles. The Balaban J connectivity index is 1.89. The summed E-state index contributed by atoms with van der Waals surface area (Å²) >= 11 is 0. The zero-order chi connectivity index (χ0) is 11.4. The van der Waals surface area contributed by atoms with Crippen LogP contribution >= 0.6 is 0 Å². The van der Waals surface area contributed by atoms with Crippen LogP contribution in [0, 0.1) is 0 Å². The van der Waals surface area contributed by atoms with Gasteiger partial charge in [0.1, 0.15) is 0 Å². The van der Waals surface area contributed by atoms with Gasteiger partial charge >= 0.3 is 0 Å². The molecule has 4 heteroatoms. The summed E-state index contributed by atoms with van der Waals surface area (Å²) in [5.41, 5.74) is 1.11. The number of aromatic amines is 2. The Morgan fingerprint density at radius 2 is 1.31 bits per heavy atom. The van der Waals surface area contributed by atoms with Crippen molar-refractivity contribution in [2.75, 3.05) is 0 Å². The highest BCUT2D eigenvalue weighted by molar-refractivity contribution is 6.00. The third kappa shape index (κ3) is 2.28. The third-order valence-electron chi connectivity index (χ3n) is 2.38. The first-order chi connectivity index (χ1) is 7.77. The summed E-state index contributed by atoms with van der Waals surface area (Å²) in [7, 11) is 0. The Bertz CT molecular complexity index is 423. The van der Waals surface area contributed by atoms with E-state index in [1.165, 1.54) is 0 Å². The van der Waals surface area contributed by atoms with Gasteiger partial charge in [0.15, 0.2) is 11.6 Å². The average Bonchev–Trinajstić information content (AvgIpc) is 2.95. The summed E-state index contributed by atoms with van der Waals surface area (Å²) in [4.78, 5) is 28.8. The SMILES string of the molecule is O=C(CCC(=O)c1ccc[nH]1)c1ccc[nH]1. The predicted molar refractivity (Wildman–Crippen MR) is 59.5 cm³/mol. The predicted octanol–water partition coefficient (Wildman–Crippen LogP) is 2.19. The number of carbonyl (C=O) groups excluding carboxylic acids is 2. The van der Waals surface area contributed by atoms with E-state index in [-0.39, 0.29) is 24.4 Å². The summed E-state index contributed by atoms with van der Waals surface area (Å²) in [5.74, 6) is -0.0742. The molecule has 82 valence electrons. The molecule has 0 aliphatic rings. The van der Waals surface area contributed by atoms with E-state index in [2.05, 4.69) is 9.97 Å². The Morgan fingerprint density at radius 1 is 0.875 bits per heavy atom. The number of H-pyrrole nitrogens is 2. The summed E-state index contributed by atoms with van der Waals surface area (Å²) in [6, 6.07) is 6.95. The summed E-state index contributed by atoms with van der Waals surface area (Å²) < 4.78 is 0. The van der Waals surface area contributed by atoms with E-state index in [0.717, 1.165) is 0 Å². The van der Waals surface area contributed by atoms with Crippen LogP contribution in [0.15, 0.2) is 36.7 Å². The maximum Gasteiger partial charge on any atom is 0.179 e. The smallest absolute Gasteiger partial charge is 0.179 e. The highest BCUT2D eigenvalue weighted by Crippen LogP contribution is 2.06. The maximum absolute atomic E-state index is 11.6. The van der Waals surface area contributed by atoms with Crippen molar-refractivity contribution in [3.05, 3.63) is 48.0 Å². The summed E-state index contributed by atoms with van der Waals surface area (Å²) in [6.45, 7) is 0. The maximum atomic E-state index is 11.6. The largest absolute Gasteiger partial charge is 0.359 e. The molecule has 0 unspecified atom stereocenters. The first kappa shape index (κ1) is 10.4. The van der Waals surface area contributed by atoms with E-state index in [4.69, 9.17) is 0 Å². The van der Waals surface area contributed by atoms with Crippen LogP contribution in [-0.2, 0) is 0 Å². The van der Waals surface area contributed by atoms with E-state index in [0.29, 0.717) is 11.4 Å². The van der Waals surface area contributed by atoms with Gasteiger partial charge in [0.25, 0.3) is 0 Å². The molecule has 0 saturated heterocycles. The Labute approximate surface area is 92.7 Å². The second kappa shape index (κ2) is 4.61. The normalized spacial score (nSPS) is 10.2. The van der Waals surface area contributed by atoms with Crippen LogP contribution in [0.3, 0.4) is 0 Å². The Kier molecular flexibility index (Phi) is 3.00. The number of Topliss-reactive ketones (excluding diaryl/α,β-unsaturated/α-hetero) is 2. The molecule has 0 spiro atoms. The van der Waals surface area contributed by atoms with Crippen molar-refractivity contribution in [1.82, 2.24) is 9.97 Å². The molecule has 0 atom stereocenters. The molecule has 0 fully saturated rings. The molecule has 2 aromatic heterocycles. The minimum Gasteiger partial charge on any atom is -0.359 e. The van der Waals surface area contributed by atoms with Crippen molar-refractivity contribution in [2.24, 2.45) is 0 Å². The van der Waals surface area contributed by atoms with Gasteiger partial charge in [0, 0.05) is 25.2 Å². The molecule has 16 heavy (non-hydrogen) atoms. The second-order valence-electron chi connectivity index (χ2n) is 3.51. The minimum absolute atomic E-state index is 0.0371. The van der Waals surface area contributed by atoms with Crippen LogP contribution in [-0.4, -0.2) is 21.5 Å². The van der Waals surface area contributed by atoms with Crippen molar-refractivity contribution >= 4 is 11.6 Å². The molecule has 0 aliphatic carbocycles. The fourth-order valence-electron chi connectivity index (χ4n) is 1.50. The van der Waals surface area contributed by atoms with Crippen molar-refractivity contribution < 1.29 is 9.59 Å². The van der Waals surface area contributed by atoms with E-state index < -0.39 is 0 Å². The van der Waals surface area contributed by atoms with Crippen LogP contribution < -0.4 is 0 Å². The van der Waals surface area contributed by atoms with Crippen LogP contribution in [0.5, 0.6) is 0 Å². The van der Waals surface area contributed by atoms with E-state index >= 15 is 0 Å². The molecule has 0 aromatic carbocycles. The highest BCUT2D eigenvalue weighted by atomic mass is 16.1. The van der Waals surface area contributed by atoms with Crippen LogP contribution in [0.2, 0.25) is 0 Å². The molecule has 4 nitrogen and oxygen atoms in total. The van der Waals surface area contributed by atoms with E-state index in [1.54, 1.807) is 36.7 Å². The number of aromatic nitrogens is 2. The third-order valence-corrected chi connectivity index (χ3v) is 2.38. The zero-order valence-corrected chi connectivity index (χ0v) is 8.69. The lowest BCUT2D eigenvalue weighted by molar-refractivity contribution is 0.0913. The Morgan fingerprint density at radius 3 is 1.62 bits per heavy atom. The number of carbonyl (C=O) groups is 2. The first-order valence-electron chi connectivity index (χ1n) is 5.10. The van der Waals surface area contributed by atoms with E-state index in [1.807, 2.05) is 0 Å². The first-order valence-corrected chi connectivity index (χ1v) is 5.10. The quantitative estimate of drug-likeness (QED) is 0.752. The van der Waals surface area contributed by atoms with Gasteiger partial charge in [-0.2, -0.15) is 0 Å². The van der Waals surface area contributed by atoms with Crippen LogP contribution in [0.25, 0.3) is 0 Å². The lowest BCUT2D eigenvalue weighted by Gasteiger charge is -1.97. The van der Waals surface area contributed by atoms with Crippen LogP contribution in [0.4, 0.5) is 0 Å². The van der Waals surface area contributed by atoms with Gasteiger partial charge in [-0.15, -0.1) is 0 Å². The number of ketones is 2. The highest BCUT2D eigenvalue weighted by Gasteiger charge is 2.11. The summed E-state index contributed by atoms with van der Waals surface area (Å²) in [6.07, 6.45) is 3.86. The van der Waals surface area contributed by atoms with Crippen molar-refractivity contribution in [3.63, 3.8) is 0 Å². The van der Waals surface area contributed by atoms with Gasteiger partial charge in [-0.1, -0.05) is 0 Å². The second-order valence-corrected chi connectivity index (χ2v) is 3.51. The lowest BCUT2D eigenvalue weighted by Crippen LogP contribution is -2.05. The molecule has 0 bridgehead atoms. The van der Waals surface area contributed by atoms with Crippen molar-refractivity contribution in [3.8, 4) is 0 Å². The average molecular weight is 216 g/mol. The number of rotatable bonds is 5. The zero-order valence-electron chi connectivity index (χ0n) is 8.69. The van der Waals surface area contributed by atoms with Gasteiger partial charge in [0.2, 0.25) is 0 Å². The van der Waals surface area contributed by atoms with Gasteiger partial charge in [-0.25, -0.2) is 0 Å². The van der Waals surface area contributed by atoms with Gasteiger partial charge < -0.3 is 9.97 Å². The standard InChI is InChI=1S/C12H12N2O2/c15-11(9-3-1-7-13-9)5-6-12(16)10-4-2-8-14-10/h1-4,7-8,13-14H,5-6H2. The molecular weight excluding hydrogens is 204 g/mol. The molecule has 0 radical (unpaired) electrons. The molecule has 2 aromatic rings. The van der Waals surface area contributed by atoms with Gasteiger partial charge in [-0.3, -0.25) is 9.59 Å². The topological polar surface area (TPSA) is 65.7 Å². The molecule has 2 N–H and O–H groups in total. The van der Waals surface area contributed by atoms with Crippen molar-refractivity contribution in [2.45, 2.75) is 12.8 Å². The van der Waals surface area contributed by atoms with Gasteiger partial charge in [0.05, 0.1) is 11.4 Å². The van der Waals surface area contributed by atoms with Gasteiger partial charge in [-0.05, 0) is 24.3 Å². The Hall–Kier alpha value is -2.10. The van der Waals surface area contributed by atoms with Crippen molar-refractivity contribution in [1.29, 1.82) is 0 Å². The molecule has 0 saturated carbocycles. The van der Waals surface area contributed by atoms with E-state index in [9.17, 15) is 9.59 Å². The monoisotopic (exact) mass is 216 g/mol. The van der Waals surface area contributed by atoms with Crippen LogP contribution in [0.1, 0.15) is 33.8 Å². The number of hydrogen-bond acceptors (Lipinski definition) is 2. The molecule has 2 heterocycles. The fourth-order valence-corrected chi connectivity index (χ4v) is 1.50. The molecule has 0 amide bonds. The fraction of sp³-hybridized carbons (Fsp3) is 0.167. The number of nitrogens with one attached hydrogen (secondary N) is 2. The molecular formula is C12H12N2O2. The number of hydrogen-bond donors (Lipinski definition) is 2.